The molecule has 2 aliphatic rings. The van der Waals surface area contributed by atoms with Crippen molar-refractivity contribution in [3.05, 3.63) is 0 Å². The molecule has 0 aromatic carbocycles. The molecule has 0 radical (unpaired) electrons. The van der Waals surface area contributed by atoms with Gasteiger partial charge in [-0.1, -0.05) is 18.8 Å². The molecular formula is C13H22N2. The van der Waals surface area contributed by atoms with Crippen molar-refractivity contribution in [3.63, 3.8) is 0 Å². The van der Waals surface area contributed by atoms with Crippen molar-refractivity contribution in [2.45, 2.75) is 57.2 Å². The number of nitrogens with one attached hydrogen (secondary N) is 1. The minimum Gasteiger partial charge on any atom is -0.308 e. The zero-order valence-corrected chi connectivity index (χ0v) is 9.92. The molecule has 15 heavy (non-hydrogen) atoms. The summed E-state index contributed by atoms with van der Waals surface area (Å²) in [5.74, 6) is 2.87. The minimum absolute atomic E-state index is 0.277. The van der Waals surface area contributed by atoms with Gasteiger partial charge in [0.15, 0.2) is 0 Å². The first-order valence-electron chi connectivity index (χ1n) is 6.14. The third-order valence-electron chi connectivity index (χ3n) is 4.12. The lowest BCUT2D eigenvalue weighted by molar-refractivity contribution is 0.0750. The number of piperazine rings is 1. The summed E-state index contributed by atoms with van der Waals surface area (Å²) in [6.07, 6.45) is 10.9. The number of terminal acetylenes is 1. The van der Waals surface area contributed by atoms with Crippen LogP contribution in [-0.2, 0) is 0 Å². The van der Waals surface area contributed by atoms with Gasteiger partial charge in [-0.3, -0.25) is 4.90 Å². The van der Waals surface area contributed by atoms with Crippen molar-refractivity contribution in [1.82, 2.24) is 10.2 Å². The van der Waals surface area contributed by atoms with E-state index >= 15 is 0 Å². The first-order valence-corrected chi connectivity index (χ1v) is 6.14. The van der Waals surface area contributed by atoms with Crippen LogP contribution < -0.4 is 5.32 Å². The summed E-state index contributed by atoms with van der Waals surface area (Å²) < 4.78 is 0. The number of rotatable bonds is 1. The monoisotopic (exact) mass is 206 g/mol. The van der Waals surface area contributed by atoms with Crippen LogP contribution >= 0.6 is 0 Å². The Hall–Kier alpha value is -0.520. The van der Waals surface area contributed by atoms with E-state index in [1.807, 2.05) is 0 Å². The van der Waals surface area contributed by atoms with Crippen molar-refractivity contribution < 1.29 is 0 Å². The van der Waals surface area contributed by atoms with Gasteiger partial charge in [0.05, 0.1) is 6.04 Å². The zero-order chi connectivity index (χ0) is 10.9. The van der Waals surface area contributed by atoms with Gasteiger partial charge < -0.3 is 5.32 Å². The maximum atomic E-state index is 5.54. The fraction of sp³-hybridized carbons (Fsp3) is 0.846. The first-order chi connectivity index (χ1) is 7.17. The number of hydrogen-bond acceptors (Lipinski definition) is 2. The highest BCUT2D eigenvalue weighted by Gasteiger charge is 2.40. The maximum Gasteiger partial charge on any atom is 0.0686 e. The third kappa shape index (κ3) is 2.04. The molecule has 1 aliphatic heterocycles. The highest BCUT2D eigenvalue weighted by Crippen LogP contribution is 2.33. The van der Waals surface area contributed by atoms with E-state index in [-0.39, 0.29) is 6.04 Å². The predicted molar refractivity (Wildman–Crippen MR) is 63.7 cm³/mol. The minimum atomic E-state index is 0.277. The topological polar surface area (TPSA) is 15.3 Å². The molecule has 1 heterocycles. The van der Waals surface area contributed by atoms with E-state index < -0.39 is 0 Å². The van der Waals surface area contributed by atoms with Gasteiger partial charge >= 0.3 is 0 Å². The van der Waals surface area contributed by atoms with Crippen molar-refractivity contribution in [2.75, 3.05) is 13.1 Å². The van der Waals surface area contributed by atoms with Gasteiger partial charge in [-0.05, 0) is 26.7 Å². The van der Waals surface area contributed by atoms with E-state index in [2.05, 4.69) is 30.0 Å². The fourth-order valence-electron chi connectivity index (χ4n) is 3.04. The molecule has 2 rings (SSSR count). The van der Waals surface area contributed by atoms with Gasteiger partial charge in [-0.25, -0.2) is 0 Å². The molecule has 0 amide bonds. The normalized spacial score (nSPS) is 32.7. The fourth-order valence-corrected chi connectivity index (χ4v) is 3.04. The quantitative estimate of drug-likeness (QED) is 0.656. The van der Waals surface area contributed by atoms with Crippen molar-refractivity contribution in [2.24, 2.45) is 0 Å². The van der Waals surface area contributed by atoms with Crippen LogP contribution in [0, 0.1) is 12.3 Å². The van der Waals surface area contributed by atoms with Gasteiger partial charge in [-0.2, -0.15) is 0 Å². The third-order valence-corrected chi connectivity index (χ3v) is 4.12. The number of hydrogen-bond donors (Lipinski definition) is 1. The van der Waals surface area contributed by atoms with Gasteiger partial charge in [-0.15, -0.1) is 6.42 Å². The Bertz CT molecular complexity index is 260. The van der Waals surface area contributed by atoms with Crippen LogP contribution in [0.5, 0.6) is 0 Å². The van der Waals surface area contributed by atoms with E-state index in [0.717, 1.165) is 13.1 Å². The van der Waals surface area contributed by atoms with Crippen LogP contribution in [0.3, 0.4) is 0 Å². The van der Waals surface area contributed by atoms with Crippen molar-refractivity contribution in [3.8, 4) is 12.3 Å². The van der Waals surface area contributed by atoms with E-state index in [1.54, 1.807) is 0 Å². The Balaban J connectivity index is 2.07. The van der Waals surface area contributed by atoms with Crippen molar-refractivity contribution in [1.29, 1.82) is 0 Å². The molecule has 1 saturated heterocycles. The highest BCUT2D eigenvalue weighted by atomic mass is 15.3. The molecule has 0 bridgehead atoms. The second kappa shape index (κ2) is 4.15. The first kappa shape index (κ1) is 11.0. The van der Waals surface area contributed by atoms with Crippen LogP contribution in [0.25, 0.3) is 0 Å². The van der Waals surface area contributed by atoms with Gasteiger partial charge in [0.2, 0.25) is 0 Å². The Morgan fingerprint density at radius 1 is 1.47 bits per heavy atom. The summed E-state index contributed by atoms with van der Waals surface area (Å²) in [7, 11) is 0. The lowest BCUT2D eigenvalue weighted by Gasteiger charge is -2.46. The van der Waals surface area contributed by atoms with Crippen LogP contribution in [0.2, 0.25) is 0 Å². The molecule has 1 N–H and O–H groups in total. The Morgan fingerprint density at radius 3 is 2.73 bits per heavy atom. The summed E-state index contributed by atoms with van der Waals surface area (Å²) in [5, 5.41) is 3.74. The summed E-state index contributed by atoms with van der Waals surface area (Å²) in [6, 6.07) is 0.849. The van der Waals surface area contributed by atoms with Gasteiger partial charge in [0.25, 0.3) is 0 Å². The Kier molecular flexibility index (Phi) is 3.04. The van der Waals surface area contributed by atoms with Crippen LogP contribution in [0.15, 0.2) is 0 Å². The summed E-state index contributed by atoms with van der Waals surface area (Å²) in [4.78, 5) is 2.49. The van der Waals surface area contributed by atoms with Crippen molar-refractivity contribution >= 4 is 0 Å². The largest absolute Gasteiger partial charge is 0.308 e. The molecule has 1 spiro atoms. The Morgan fingerprint density at radius 2 is 2.13 bits per heavy atom. The molecule has 2 heteroatoms. The predicted octanol–water partition coefficient (Wildman–Crippen LogP) is 1.61. The van der Waals surface area contributed by atoms with Crippen LogP contribution in [0.4, 0.5) is 0 Å². The lowest BCUT2D eigenvalue weighted by Crippen LogP contribution is -2.63. The Labute approximate surface area is 93.4 Å². The van der Waals surface area contributed by atoms with Crippen LogP contribution in [-0.4, -0.2) is 35.6 Å². The molecule has 0 aromatic rings. The van der Waals surface area contributed by atoms with Gasteiger partial charge in [0.1, 0.15) is 0 Å². The molecule has 0 aromatic heterocycles. The highest BCUT2D eigenvalue weighted by molar-refractivity contribution is 5.06. The summed E-state index contributed by atoms with van der Waals surface area (Å²) in [5.41, 5.74) is 0.387. The second-order valence-corrected chi connectivity index (χ2v) is 5.23. The zero-order valence-electron chi connectivity index (χ0n) is 9.92. The SMILES string of the molecule is C#CC(C)N1CC2(CCCC2)NCC1C. The average molecular weight is 206 g/mol. The number of nitrogens with zero attached hydrogens (tertiary/aromatic N) is 1. The van der Waals surface area contributed by atoms with E-state index in [1.165, 1.54) is 25.7 Å². The smallest absolute Gasteiger partial charge is 0.0686 e. The maximum absolute atomic E-state index is 5.54. The molecule has 1 aliphatic carbocycles. The molecule has 2 fully saturated rings. The van der Waals surface area contributed by atoms with E-state index in [9.17, 15) is 0 Å². The average Bonchev–Trinajstić information content (AvgIpc) is 2.70. The summed E-state index contributed by atoms with van der Waals surface area (Å²) in [6.45, 7) is 6.64. The second-order valence-electron chi connectivity index (χ2n) is 5.23. The van der Waals surface area contributed by atoms with E-state index in [0.29, 0.717) is 11.6 Å². The molecule has 1 saturated carbocycles. The van der Waals surface area contributed by atoms with E-state index in [4.69, 9.17) is 6.42 Å². The molecular weight excluding hydrogens is 184 g/mol. The molecule has 2 atom stereocenters. The van der Waals surface area contributed by atoms with Gasteiger partial charge in [0, 0.05) is 24.7 Å². The molecule has 84 valence electrons. The molecule has 2 nitrogen and oxygen atoms in total. The lowest BCUT2D eigenvalue weighted by atomic mass is 9.92. The standard InChI is InChI=1S/C13H22N2/c1-4-11(2)15-10-13(7-5-6-8-13)14-9-12(15)3/h1,11-12,14H,5-10H2,2-3H3. The van der Waals surface area contributed by atoms with Crippen LogP contribution in [0.1, 0.15) is 39.5 Å². The molecule has 2 unspecified atom stereocenters. The summed E-state index contributed by atoms with van der Waals surface area (Å²) >= 11 is 0.